The Balaban J connectivity index is 1.58. The monoisotopic (exact) mass is 466 g/mol. The van der Waals surface area contributed by atoms with Crippen LogP contribution in [0.1, 0.15) is 58.2 Å². The van der Waals surface area contributed by atoms with E-state index in [1.807, 2.05) is 35.3 Å². The van der Waals surface area contributed by atoms with E-state index >= 15 is 0 Å². The molecule has 1 saturated heterocycles. The largest absolute Gasteiger partial charge is 0.508 e. The molecule has 5 rings (SSSR count). The summed E-state index contributed by atoms with van der Waals surface area (Å²) in [5.74, 6) is 0.165. The van der Waals surface area contributed by atoms with Crippen LogP contribution in [-0.2, 0) is 0 Å². The highest BCUT2D eigenvalue weighted by atomic mass is 16.3. The summed E-state index contributed by atoms with van der Waals surface area (Å²) in [6, 6.07) is 15.9. The summed E-state index contributed by atoms with van der Waals surface area (Å²) in [5, 5.41) is 17.8. The van der Waals surface area contributed by atoms with Gasteiger partial charge in [-0.3, -0.25) is 14.7 Å². The van der Waals surface area contributed by atoms with Gasteiger partial charge in [0.1, 0.15) is 5.75 Å². The normalized spacial score (nSPS) is 14.0. The van der Waals surface area contributed by atoms with Crippen molar-refractivity contribution in [1.82, 2.24) is 20.1 Å². The number of ketones is 1. The van der Waals surface area contributed by atoms with E-state index in [-0.39, 0.29) is 17.4 Å². The van der Waals surface area contributed by atoms with Crippen molar-refractivity contribution in [2.45, 2.75) is 26.2 Å². The van der Waals surface area contributed by atoms with E-state index in [4.69, 9.17) is 4.98 Å². The van der Waals surface area contributed by atoms with Gasteiger partial charge in [0.25, 0.3) is 5.91 Å². The number of fused-ring (bicyclic) bond motifs is 1. The average Bonchev–Trinajstić information content (AvgIpc) is 3.30. The van der Waals surface area contributed by atoms with Gasteiger partial charge in [0.15, 0.2) is 11.4 Å². The number of carbonyl (C=O) groups is 2. The van der Waals surface area contributed by atoms with Crippen LogP contribution in [0.5, 0.6) is 5.75 Å². The van der Waals surface area contributed by atoms with Gasteiger partial charge < -0.3 is 10.0 Å². The third-order valence-corrected chi connectivity index (χ3v) is 6.35. The average molecular weight is 467 g/mol. The van der Waals surface area contributed by atoms with E-state index < -0.39 is 0 Å². The lowest BCUT2D eigenvalue weighted by atomic mass is 10.0. The molecule has 2 aromatic heterocycles. The van der Waals surface area contributed by atoms with Crippen molar-refractivity contribution in [3.8, 4) is 17.0 Å². The molecular formula is C28H26N4O3. The molecule has 1 aliphatic heterocycles. The zero-order valence-corrected chi connectivity index (χ0v) is 19.5. The number of carbonyl (C=O) groups excluding carboxylic acids is 2. The number of amides is 1. The van der Waals surface area contributed by atoms with E-state index in [1.165, 1.54) is 0 Å². The number of Topliss-reactive ketones (excluding diaryl/α,β-unsaturated/α-hetero) is 1. The number of phenols is 1. The van der Waals surface area contributed by atoms with Gasteiger partial charge in [-0.05, 0) is 68.2 Å². The molecule has 2 N–H and O–H groups in total. The first-order valence-corrected chi connectivity index (χ1v) is 11.8. The first kappa shape index (κ1) is 22.5. The molecule has 0 atom stereocenters. The lowest BCUT2D eigenvalue weighted by Crippen LogP contribution is -2.35. The van der Waals surface area contributed by atoms with Crippen molar-refractivity contribution >= 4 is 34.9 Å². The third kappa shape index (κ3) is 4.71. The Morgan fingerprint density at radius 2 is 1.69 bits per heavy atom. The zero-order chi connectivity index (χ0) is 24.4. The number of hydrogen-bond donors (Lipinski definition) is 2. The van der Waals surface area contributed by atoms with Crippen molar-refractivity contribution in [3.05, 3.63) is 77.0 Å². The number of benzene rings is 2. The standard InChI is InChI=1S/C28H26N4O3/c1-18(33)20-8-5-19(6-9-20)7-14-24-26-23(28(35)32-15-3-2-4-16-32)17-25(29-27(26)31-30-24)21-10-12-22(34)13-11-21/h5-14,17,34H,2-4,15-16H2,1H3,(H,29,30,31)/b14-7+. The lowest BCUT2D eigenvalue weighted by molar-refractivity contribution is 0.0726. The van der Waals surface area contributed by atoms with Crippen LogP contribution in [0.15, 0.2) is 54.6 Å². The molecule has 7 nitrogen and oxygen atoms in total. The fraction of sp³-hybridized carbons (Fsp3) is 0.214. The number of aromatic nitrogens is 3. The topological polar surface area (TPSA) is 99.2 Å². The van der Waals surface area contributed by atoms with Gasteiger partial charge in [0.05, 0.1) is 22.3 Å². The maximum absolute atomic E-state index is 13.6. The Kier molecular flexibility index (Phi) is 6.14. The maximum Gasteiger partial charge on any atom is 0.254 e. The van der Waals surface area contributed by atoms with E-state index in [0.717, 1.165) is 43.5 Å². The molecule has 0 spiro atoms. The molecule has 1 aliphatic rings. The minimum absolute atomic E-state index is 0.0245. The Bertz CT molecular complexity index is 1410. The fourth-order valence-electron chi connectivity index (χ4n) is 4.39. The van der Waals surface area contributed by atoms with Crippen LogP contribution in [0.3, 0.4) is 0 Å². The number of nitrogens with one attached hydrogen (secondary N) is 1. The van der Waals surface area contributed by atoms with Gasteiger partial charge in [-0.2, -0.15) is 5.10 Å². The maximum atomic E-state index is 13.6. The molecule has 0 unspecified atom stereocenters. The Morgan fingerprint density at radius 1 is 0.971 bits per heavy atom. The highest BCUT2D eigenvalue weighted by Gasteiger charge is 2.24. The molecule has 0 bridgehead atoms. The minimum Gasteiger partial charge on any atom is -0.508 e. The molecule has 1 fully saturated rings. The van der Waals surface area contributed by atoms with Crippen LogP contribution in [0.2, 0.25) is 0 Å². The third-order valence-electron chi connectivity index (χ3n) is 6.35. The van der Waals surface area contributed by atoms with E-state index in [1.54, 1.807) is 43.3 Å². The Hall–Kier alpha value is -4.26. The lowest BCUT2D eigenvalue weighted by Gasteiger charge is -2.27. The second kappa shape index (κ2) is 9.54. The van der Waals surface area contributed by atoms with Gasteiger partial charge in [0, 0.05) is 24.2 Å². The van der Waals surface area contributed by atoms with Crippen LogP contribution in [0, 0.1) is 0 Å². The van der Waals surface area contributed by atoms with Gasteiger partial charge in [-0.25, -0.2) is 4.98 Å². The molecule has 0 radical (unpaired) electrons. The first-order valence-electron chi connectivity index (χ1n) is 11.8. The smallest absolute Gasteiger partial charge is 0.254 e. The summed E-state index contributed by atoms with van der Waals surface area (Å²) in [6.45, 7) is 3.02. The quantitative estimate of drug-likeness (QED) is 0.387. The highest BCUT2D eigenvalue weighted by Crippen LogP contribution is 2.29. The molecule has 7 heteroatoms. The Labute approximate surface area is 203 Å². The fourth-order valence-corrected chi connectivity index (χ4v) is 4.39. The number of pyridine rings is 1. The van der Waals surface area contributed by atoms with E-state index in [2.05, 4.69) is 10.2 Å². The second-order valence-electron chi connectivity index (χ2n) is 8.80. The minimum atomic E-state index is -0.0287. The van der Waals surface area contributed by atoms with E-state index in [9.17, 15) is 14.7 Å². The number of aromatic hydroxyl groups is 1. The zero-order valence-electron chi connectivity index (χ0n) is 19.5. The predicted octanol–water partition coefficient (Wildman–Crippen LogP) is 5.33. The summed E-state index contributed by atoms with van der Waals surface area (Å²) >= 11 is 0. The summed E-state index contributed by atoms with van der Waals surface area (Å²) in [4.78, 5) is 31.8. The SMILES string of the molecule is CC(=O)c1ccc(/C=C/c2[nH]nc3nc(-c4ccc(O)cc4)cc(C(=O)N4CCCCC4)c23)cc1. The molecule has 2 aromatic carbocycles. The summed E-state index contributed by atoms with van der Waals surface area (Å²) in [7, 11) is 0. The van der Waals surface area contributed by atoms with Crippen LogP contribution in [0.4, 0.5) is 0 Å². The number of piperidine rings is 1. The van der Waals surface area contributed by atoms with Gasteiger partial charge in [-0.1, -0.05) is 30.3 Å². The second-order valence-corrected chi connectivity index (χ2v) is 8.80. The van der Waals surface area contributed by atoms with Crippen molar-refractivity contribution in [1.29, 1.82) is 0 Å². The van der Waals surface area contributed by atoms with Crippen LogP contribution < -0.4 is 0 Å². The number of H-pyrrole nitrogens is 1. The molecule has 35 heavy (non-hydrogen) atoms. The van der Waals surface area contributed by atoms with Crippen molar-refractivity contribution in [2.75, 3.05) is 13.1 Å². The van der Waals surface area contributed by atoms with E-state index in [0.29, 0.717) is 33.5 Å². The molecule has 176 valence electrons. The molecular weight excluding hydrogens is 440 g/mol. The predicted molar refractivity (Wildman–Crippen MR) is 136 cm³/mol. The van der Waals surface area contributed by atoms with Crippen LogP contribution in [0.25, 0.3) is 34.4 Å². The molecule has 4 aromatic rings. The van der Waals surface area contributed by atoms with Crippen LogP contribution >= 0.6 is 0 Å². The molecule has 0 aliphatic carbocycles. The Morgan fingerprint density at radius 3 is 2.37 bits per heavy atom. The summed E-state index contributed by atoms with van der Waals surface area (Å²) < 4.78 is 0. The first-order chi connectivity index (χ1) is 17.0. The van der Waals surface area contributed by atoms with Crippen molar-refractivity contribution in [3.63, 3.8) is 0 Å². The number of nitrogens with zero attached hydrogens (tertiary/aromatic N) is 3. The summed E-state index contributed by atoms with van der Waals surface area (Å²) in [5.41, 5.74) is 4.72. The molecule has 3 heterocycles. The number of likely N-dealkylation sites (tertiary alicyclic amines) is 1. The highest BCUT2D eigenvalue weighted by molar-refractivity contribution is 6.09. The van der Waals surface area contributed by atoms with Gasteiger partial charge in [0.2, 0.25) is 0 Å². The molecule has 0 saturated carbocycles. The number of hydrogen-bond acceptors (Lipinski definition) is 5. The number of rotatable bonds is 5. The molecule has 1 amide bonds. The number of phenolic OH excluding ortho intramolecular Hbond substituents is 1. The van der Waals surface area contributed by atoms with Crippen molar-refractivity contribution < 1.29 is 14.7 Å². The number of aromatic amines is 1. The summed E-state index contributed by atoms with van der Waals surface area (Å²) in [6.07, 6.45) is 6.93. The van der Waals surface area contributed by atoms with Crippen LogP contribution in [-0.4, -0.2) is 50.0 Å². The van der Waals surface area contributed by atoms with Gasteiger partial charge >= 0.3 is 0 Å². The van der Waals surface area contributed by atoms with Crippen molar-refractivity contribution in [2.24, 2.45) is 0 Å². The van der Waals surface area contributed by atoms with Gasteiger partial charge in [-0.15, -0.1) is 0 Å².